The van der Waals surface area contributed by atoms with Gasteiger partial charge in [-0.1, -0.05) is 6.07 Å². The van der Waals surface area contributed by atoms with Gasteiger partial charge in [0.25, 0.3) is 0 Å². The predicted molar refractivity (Wildman–Crippen MR) is 68.5 cm³/mol. The smallest absolute Gasteiger partial charge is 0.406 e. The van der Waals surface area contributed by atoms with Crippen LogP contribution in [0.2, 0.25) is 0 Å². The maximum Gasteiger partial charge on any atom is 0.573 e. The van der Waals surface area contributed by atoms with Gasteiger partial charge in [0.2, 0.25) is 0 Å². The molecule has 6 heteroatoms. The molecular weight excluding hydrogens is 271 g/mol. The van der Waals surface area contributed by atoms with Crippen LogP contribution in [0.25, 0.3) is 0 Å². The van der Waals surface area contributed by atoms with Crippen LogP contribution < -0.4 is 10.5 Å². The SMILES string of the molecule is Cc1cc(CCC2(CN)COC2)cc(OC(F)(F)F)c1. The standard InChI is InChI=1S/C14H18F3NO2/c1-10-4-11(2-3-13(7-18)8-19-9-13)6-12(5-10)20-14(15,16)17/h4-6H,2-3,7-9,18H2,1H3. The molecular formula is C14H18F3NO2. The first-order valence-electron chi connectivity index (χ1n) is 6.46. The second kappa shape index (κ2) is 5.61. The van der Waals surface area contributed by atoms with E-state index < -0.39 is 6.36 Å². The molecule has 112 valence electrons. The monoisotopic (exact) mass is 289 g/mol. The first kappa shape index (κ1) is 15.1. The normalized spacial score (nSPS) is 17.6. The molecule has 0 bridgehead atoms. The van der Waals surface area contributed by atoms with Crippen LogP contribution in [0.5, 0.6) is 5.75 Å². The summed E-state index contributed by atoms with van der Waals surface area (Å²) in [5.74, 6) is -0.167. The molecule has 0 radical (unpaired) electrons. The second-order valence-electron chi connectivity index (χ2n) is 5.40. The molecule has 20 heavy (non-hydrogen) atoms. The molecule has 0 saturated carbocycles. The van der Waals surface area contributed by atoms with E-state index in [2.05, 4.69) is 4.74 Å². The first-order chi connectivity index (χ1) is 9.32. The fourth-order valence-electron chi connectivity index (χ4n) is 2.33. The first-order valence-corrected chi connectivity index (χ1v) is 6.46. The van der Waals surface area contributed by atoms with E-state index in [4.69, 9.17) is 10.5 Å². The number of nitrogens with two attached hydrogens (primary N) is 1. The fourth-order valence-corrected chi connectivity index (χ4v) is 2.33. The average Bonchev–Trinajstić information content (AvgIpc) is 2.24. The summed E-state index contributed by atoms with van der Waals surface area (Å²) in [5.41, 5.74) is 7.27. The Bertz CT molecular complexity index is 464. The summed E-state index contributed by atoms with van der Waals surface area (Å²) in [5, 5.41) is 0. The van der Waals surface area contributed by atoms with E-state index in [9.17, 15) is 13.2 Å². The van der Waals surface area contributed by atoms with Gasteiger partial charge in [0.05, 0.1) is 13.2 Å². The van der Waals surface area contributed by atoms with E-state index in [-0.39, 0.29) is 11.2 Å². The van der Waals surface area contributed by atoms with Crippen molar-refractivity contribution < 1.29 is 22.6 Å². The minimum Gasteiger partial charge on any atom is -0.406 e. The zero-order valence-corrected chi connectivity index (χ0v) is 11.3. The van der Waals surface area contributed by atoms with Crippen molar-refractivity contribution in [3.8, 4) is 5.75 Å². The molecule has 1 heterocycles. The van der Waals surface area contributed by atoms with Crippen LogP contribution in [-0.2, 0) is 11.2 Å². The molecule has 1 aliphatic heterocycles. The minimum absolute atomic E-state index is 0.0191. The van der Waals surface area contributed by atoms with Crippen molar-refractivity contribution in [1.82, 2.24) is 0 Å². The van der Waals surface area contributed by atoms with Gasteiger partial charge in [0.1, 0.15) is 5.75 Å². The molecule has 1 aliphatic rings. The molecule has 0 unspecified atom stereocenters. The number of alkyl halides is 3. The molecule has 1 saturated heterocycles. The Morgan fingerprint density at radius 2 is 2.00 bits per heavy atom. The second-order valence-corrected chi connectivity index (χ2v) is 5.40. The molecule has 3 nitrogen and oxygen atoms in total. The summed E-state index contributed by atoms with van der Waals surface area (Å²) in [7, 11) is 0. The van der Waals surface area contributed by atoms with Crippen LogP contribution in [0.4, 0.5) is 13.2 Å². The molecule has 0 atom stereocenters. The van der Waals surface area contributed by atoms with Crippen molar-refractivity contribution in [3.05, 3.63) is 29.3 Å². The van der Waals surface area contributed by atoms with E-state index >= 15 is 0 Å². The lowest BCUT2D eigenvalue weighted by Crippen LogP contribution is -2.48. The Morgan fingerprint density at radius 3 is 2.50 bits per heavy atom. The molecule has 0 aliphatic carbocycles. The van der Waals surface area contributed by atoms with Gasteiger partial charge in [-0.15, -0.1) is 13.2 Å². The van der Waals surface area contributed by atoms with E-state index in [0.717, 1.165) is 17.5 Å². The summed E-state index contributed by atoms with van der Waals surface area (Å²) >= 11 is 0. The summed E-state index contributed by atoms with van der Waals surface area (Å²) < 4.78 is 45.9. The highest BCUT2D eigenvalue weighted by atomic mass is 19.4. The third kappa shape index (κ3) is 3.86. The predicted octanol–water partition coefficient (Wildman–Crippen LogP) is 2.80. The van der Waals surface area contributed by atoms with Gasteiger partial charge in [-0.3, -0.25) is 0 Å². The van der Waals surface area contributed by atoms with Gasteiger partial charge in [0.15, 0.2) is 0 Å². The number of hydrogen-bond acceptors (Lipinski definition) is 3. The van der Waals surface area contributed by atoms with Crippen molar-refractivity contribution in [2.45, 2.75) is 26.1 Å². The van der Waals surface area contributed by atoms with Crippen molar-refractivity contribution in [1.29, 1.82) is 0 Å². The van der Waals surface area contributed by atoms with E-state index in [1.54, 1.807) is 6.92 Å². The van der Waals surface area contributed by atoms with E-state index in [1.807, 2.05) is 6.07 Å². The lowest BCUT2D eigenvalue weighted by molar-refractivity contribution is -0.274. The van der Waals surface area contributed by atoms with Crippen LogP contribution in [0.1, 0.15) is 17.5 Å². The summed E-state index contributed by atoms with van der Waals surface area (Å²) in [6, 6.07) is 4.68. The number of hydrogen-bond donors (Lipinski definition) is 1. The molecule has 2 rings (SSSR count). The molecule has 0 spiro atoms. The number of halogens is 3. The molecule has 0 aromatic heterocycles. The molecule has 2 N–H and O–H groups in total. The molecule has 1 fully saturated rings. The Balaban J connectivity index is 2.04. The highest BCUT2D eigenvalue weighted by molar-refractivity contribution is 5.34. The Kier molecular flexibility index (Phi) is 4.25. The van der Waals surface area contributed by atoms with Crippen LogP contribution >= 0.6 is 0 Å². The van der Waals surface area contributed by atoms with Gasteiger partial charge < -0.3 is 15.2 Å². The topological polar surface area (TPSA) is 44.5 Å². The Hall–Kier alpha value is -1.27. The highest BCUT2D eigenvalue weighted by Crippen LogP contribution is 2.32. The van der Waals surface area contributed by atoms with Gasteiger partial charge in [-0.2, -0.15) is 0 Å². The fraction of sp³-hybridized carbons (Fsp3) is 0.571. The van der Waals surface area contributed by atoms with Gasteiger partial charge in [-0.25, -0.2) is 0 Å². The zero-order valence-electron chi connectivity index (χ0n) is 11.3. The van der Waals surface area contributed by atoms with Crippen molar-refractivity contribution in [2.24, 2.45) is 11.1 Å². The van der Waals surface area contributed by atoms with Crippen molar-refractivity contribution in [3.63, 3.8) is 0 Å². The maximum atomic E-state index is 12.2. The minimum atomic E-state index is -4.66. The summed E-state index contributed by atoms with van der Waals surface area (Å²) in [6.45, 7) is 3.53. The molecule has 1 aromatic rings. The van der Waals surface area contributed by atoms with Crippen LogP contribution in [0, 0.1) is 12.3 Å². The molecule has 1 aromatic carbocycles. The lowest BCUT2D eigenvalue weighted by Gasteiger charge is -2.40. The van der Waals surface area contributed by atoms with Gasteiger partial charge >= 0.3 is 6.36 Å². The van der Waals surface area contributed by atoms with E-state index in [1.165, 1.54) is 12.1 Å². The van der Waals surface area contributed by atoms with Crippen molar-refractivity contribution >= 4 is 0 Å². The Labute approximate surface area is 115 Å². The van der Waals surface area contributed by atoms with Gasteiger partial charge in [0, 0.05) is 12.0 Å². The molecule has 0 amide bonds. The van der Waals surface area contributed by atoms with Gasteiger partial charge in [-0.05, 0) is 43.0 Å². The van der Waals surface area contributed by atoms with E-state index in [0.29, 0.717) is 26.2 Å². The number of rotatable bonds is 5. The quantitative estimate of drug-likeness (QED) is 0.906. The summed E-state index contributed by atoms with van der Waals surface area (Å²) in [6.07, 6.45) is -3.19. The van der Waals surface area contributed by atoms with Crippen LogP contribution in [0.3, 0.4) is 0 Å². The van der Waals surface area contributed by atoms with Crippen LogP contribution in [0.15, 0.2) is 18.2 Å². The zero-order chi connectivity index (χ0) is 14.8. The lowest BCUT2D eigenvalue weighted by atomic mass is 9.80. The number of benzene rings is 1. The van der Waals surface area contributed by atoms with Crippen LogP contribution in [-0.4, -0.2) is 26.1 Å². The third-order valence-corrected chi connectivity index (χ3v) is 3.54. The highest BCUT2D eigenvalue weighted by Gasteiger charge is 2.36. The number of aryl methyl sites for hydroxylation is 2. The third-order valence-electron chi connectivity index (χ3n) is 3.54. The van der Waals surface area contributed by atoms with Crippen molar-refractivity contribution in [2.75, 3.05) is 19.8 Å². The Morgan fingerprint density at radius 1 is 1.30 bits per heavy atom. The summed E-state index contributed by atoms with van der Waals surface area (Å²) in [4.78, 5) is 0. The average molecular weight is 289 g/mol. The maximum absolute atomic E-state index is 12.2. The largest absolute Gasteiger partial charge is 0.573 e. The number of ether oxygens (including phenoxy) is 2.